The molecule has 0 amide bonds. The van der Waals surface area contributed by atoms with Crippen LogP contribution in [0.2, 0.25) is 0 Å². The van der Waals surface area contributed by atoms with Crippen LogP contribution >= 0.6 is 0 Å². The molecule has 0 aliphatic rings. The molecule has 0 unspecified atom stereocenters. The van der Waals surface area contributed by atoms with Gasteiger partial charge in [0.2, 0.25) is 0 Å². The monoisotopic (exact) mass is 152 g/mol. The van der Waals surface area contributed by atoms with Crippen molar-refractivity contribution in [2.24, 2.45) is 6.98 Å². The highest BCUT2D eigenvalue weighted by Crippen LogP contribution is 1.88. The maximum absolute atomic E-state index is 11.4. The van der Waals surface area contributed by atoms with Crippen molar-refractivity contribution in [3.8, 4) is 6.07 Å². The highest BCUT2D eigenvalue weighted by atomic mass is 16.1. The zero-order valence-corrected chi connectivity index (χ0v) is 5.83. The van der Waals surface area contributed by atoms with Gasteiger partial charge in [-0.1, -0.05) is 0 Å². The van der Waals surface area contributed by atoms with Crippen LogP contribution in [0.1, 0.15) is 15.5 Å². The third-order valence-electron chi connectivity index (χ3n) is 1.26. The summed E-state index contributed by atoms with van der Waals surface area (Å²) >= 11 is 0. The van der Waals surface area contributed by atoms with Gasteiger partial charge in [-0.3, -0.25) is 9.36 Å². The van der Waals surface area contributed by atoms with E-state index in [1.807, 2.05) is 0 Å². The number of hydrogen-bond donors (Lipinski definition) is 0. The Morgan fingerprint density at radius 2 is 2.64 bits per heavy atom. The van der Waals surface area contributed by atoms with E-state index in [2.05, 4.69) is 4.98 Å². The van der Waals surface area contributed by atoms with Crippen molar-refractivity contribution in [2.75, 3.05) is 0 Å². The van der Waals surface area contributed by atoms with Gasteiger partial charge in [0.25, 0.3) is 5.56 Å². The van der Waals surface area contributed by atoms with E-state index < -0.39 is 12.5 Å². The summed E-state index contributed by atoms with van der Waals surface area (Å²) in [5.41, 5.74) is -1.10. The Morgan fingerprint density at radius 3 is 3.18 bits per heavy atom. The summed E-state index contributed by atoms with van der Waals surface area (Å²) in [5.74, 6) is 0.0639. The predicted octanol–water partition coefficient (Wildman–Crippen LogP) is -0.0396. The van der Waals surface area contributed by atoms with Crippen molar-refractivity contribution in [3.05, 3.63) is 27.9 Å². The summed E-state index contributed by atoms with van der Waals surface area (Å²) in [4.78, 5) is 15.1. The third-order valence-corrected chi connectivity index (χ3v) is 1.26. The molecule has 0 radical (unpaired) electrons. The largest absolute Gasteiger partial charge is 0.299 e. The second-order valence-corrected chi connectivity index (χ2v) is 1.97. The van der Waals surface area contributed by atoms with Gasteiger partial charge in [0.15, 0.2) is 0 Å². The topological polar surface area (TPSA) is 58.7 Å². The Hall–Kier alpha value is -1.63. The van der Waals surface area contributed by atoms with Crippen LogP contribution < -0.4 is 5.56 Å². The molecule has 11 heavy (non-hydrogen) atoms. The first kappa shape index (κ1) is 4.29. The fourth-order valence-corrected chi connectivity index (χ4v) is 0.615. The van der Waals surface area contributed by atoms with Gasteiger partial charge in [0.1, 0.15) is 17.5 Å². The first-order chi connectivity index (χ1) is 6.38. The zero-order chi connectivity index (χ0) is 10.9. The molecule has 1 heterocycles. The smallest absolute Gasteiger partial charge is 0.271 e. The first-order valence-electron chi connectivity index (χ1n) is 4.37. The minimum absolute atomic E-state index is 0.0639. The Bertz CT molecular complexity index is 455. The predicted molar refractivity (Wildman–Crippen MR) is 38.9 cm³/mol. The Morgan fingerprint density at radius 1 is 1.91 bits per heavy atom. The maximum atomic E-state index is 11.4. The number of aryl methyl sites for hydroxylation is 1. The van der Waals surface area contributed by atoms with Gasteiger partial charge >= 0.3 is 0 Å². The molecule has 0 aromatic carbocycles. The lowest BCUT2D eigenvalue weighted by Gasteiger charge is -1.99. The SMILES string of the molecule is [2H]C([2H])([2H])n1c(C)ncc(C#N)c1=O. The van der Waals surface area contributed by atoms with Gasteiger partial charge in [-0.05, 0) is 6.92 Å². The molecule has 0 spiro atoms. The summed E-state index contributed by atoms with van der Waals surface area (Å²) in [6.45, 7) is -1.20. The molecule has 4 nitrogen and oxygen atoms in total. The average Bonchev–Trinajstić information content (AvgIpc) is 2.02. The summed E-state index contributed by atoms with van der Waals surface area (Å²) in [6.07, 6.45) is 1.07. The third kappa shape index (κ3) is 1.13. The molecule has 0 N–H and O–H groups in total. The Kier molecular flexibility index (Phi) is 0.992. The van der Waals surface area contributed by atoms with Gasteiger partial charge < -0.3 is 0 Å². The van der Waals surface area contributed by atoms with Gasteiger partial charge in [-0.15, -0.1) is 0 Å². The lowest BCUT2D eigenvalue weighted by Crippen LogP contribution is -2.22. The number of rotatable bonds is 0. The van der Waals surface area contributed by atoms with Crippen LogP contribution in [0.4, 0.5) is 0 Å². The van der Waals surface area contributed by atoms with Crippen LogP contribution in [0.3, 0.4) is 0 Å². The minimum Gasteiger partial charge on any atom is -0.299 e. The molecule has 56 valence electrons. The lowest BCUT2D eigenvalue weighted by atomic mass is 10.3. The second-order valence-electron chi connectivity index (χ2n) is 1.97. The van der Waals surface area contributed by atoms with Crippen molar-refractivity contribution in [3.63, 3.8) is 0 Å². The van der Waals surface area contributed by atoms with E-state index in [4.69, 9.17) is 9.37 Å². The molecule has 0 aliphatic carbocycles. The molecule has 1 aromatic rings. The molecular weight excluding hydrogens is 142 g/mol. The fourth-order valence-electron chi connectivity index (χ4n) is 0.615. The standard InChI is InChI=1S/C7H7N3O/c1-5-9-4-6(3-8)7(11)10(5)2/h4H,1-2H3/i2D3. The average molecular weight is 152 g/mol. The van der Waals surface area contributed by atoms with Crippen molar-refractivity contribution in [1.82, 2.24) is 9.55 Å². The van der Waals surface area contributed by atoms with E-state index in [1.165, 1.54) is 6.92 Å². The first-order valence-corrected chi connectivity index (χ1v) is 2.87. The van der Waals surface area contributed by atoms with Crippen molar-refractivity contribution < 1.29 is 4.11 Å². The maximum Gasteiger partial charge on any atom is 0.271 e. The van der Waals surface area contributed by atoms with E-state index >= 15 is 0 Å². The number of aromatic nitrogens is 2. The molecule has 4 heteroatoms. The molecule has 0 atom stereocenters. The van der Waals surface area contributed by atoms with Crippen molar-refractivity contribution in [1.29, 1.82) is 5.26 Å². The Labute approximate surface area is 67.9 Å². The highest BCUT2D eigenvalue weighted by Gasteiger charge is 2.01. The van der Waals surface area contributed by atoms with E-state index in [0.717, 1.165) is 6.20 Å². The minimum atomic E-state index is -2.60. The molecule has 1 rings (SSSR count). The van der Waals surface area contributed by atoms with Crippen LogP contribution in [-0.4, -0.2) is 9.55 Å². The summed E-state index contributed by atoms with van der Waals surface area (Å²) in [5, 5.41) is 8.51. The molecule has 0 saturated heterocycles. The fraction of sp³-hybridized carbons (Fsp3) is 0.286. The van der Waals surface area contributed by atoms with Crippen LogP contribution in [0, 0.1) is 18.3 Å². The lowest BCUT2D eigenvalue weighted by molar-refractivity contribution is 0.770. The highest BCUT2D eigenvalue weighted by molar-refractivity contribution is 5.22. The van der Waals surface area contributed by atoms with Crippen molar-refractivity contribution in [2.45, 2.75) is 6.92 Å². The van der Waals surface area contributed by atoms with Gasteiger partial charge in [-0.2, -0.15) is 5.26 Å². The van der Waals surface area contributed by atoms with E-state index in [0.29, 0.717) is 4.57 Å². The summed E-state index contributed by atoms with van der Waals surface area (Å²) < 4.78 is 21.8. The zero-order valence-electron chi connectivity index (χ0n) is 8.83. The Balaban J connectivity index is 3.60. The molecule has 0 saturated carbocycles. The molecule has 0 fully saturated rings. The summed E-state index contributed by atoms with van der Waals surface area (Å²) in [6, 6.07) is 1.59. The van der Waals surface area contributed by atoms with Crippen molar-refractivity contribution >= 4 is 0 Å². The molecular formula is C7H7N3O. The number of hydrogen-bond acceptors (Lipinski definition) is 3. The molecule has 1 aromatic heterocycles. The summed E-state index contributed by atoms with van der Waals surface area (Å²) in [7, 11) is 0. The second kappa shape index (κ2) is 2.54. The van der Waals surface area contributed by atoms with Gasteiger partial charge in [0, 0.05) is 11.1 Å². The van der Waals surface area contributed by atoms with E-state index in [9.17, 15) is 4.79 Å². The van der Waals surface area contributed by atoms with E-state index in [-0.39, 0.29) is 11.4 Å². The number of nitriles is 1. The van der Waals surface area contributed by atoms with Crippen LogP contribution in [0.15, 0.2) is 11.0 Å². The van der Waals surface area contributed by atoms with Crippen LogP contribution in [0.25, 0.3) is 0 Å². The molecule has 0 aliphatic heterocycles. The van der Waals surface area contributed by atoms with Gasteiger partial charge in [0.05, 0.1) is 6.20 Å². The number of nitrogens with zero attached hydrogens (tertiary/aromatic N) is 3. The van der Waals surface area contributed by atoms with Crippen LogP contribution in [-0.2, 0) is 6.98 Å². The quantitative estimate of drug-likeness (QED) is 0.524. The van der Waals surface area contributed by atoms with E-state index in [1.54, 1.807) is 6.07 Å². The molecule has 0 bridgehead atoms. The normalized spacial score (nSPS) is 14.4. The van der Waals surface area contributed by atoms with Gasteiger partial charge in [-0.25, -0.2) is 4.98 Å². The van der Waals surface area contributed by atoms with Crippen LogP contribution in [0.5, 0.6) is 0 Å².